The van der Waals surface area contributed by atoms with Gasteiger partial charge in [0.2, 0.25) is 5.88 Å². The Morgan fingerprint density at radius 2 is 2.11 bits per heavy atom. The monoisotopic (exact) mass is 366 g/mol. The molecule has 2 N–H and O–H groups in total. The molecule has 2 fully saturated rings. The van der Waals surface area contributed by atoms with Gasteiger partial charge in [0.1, 0.15) is 6.61 Å². The molecule has 3 atom stereocenters. The second-order valence-electron chi connectivity index (χ2n) is 7.03. The van der Waals surface area contributed by atoms with Crippen molar-refractivity contribution in [1.29, 1.82) is 0 Å². The lowest BCUT2D eigenvalue weighted by Gasteiger charge is -2.22. The summed E-state index contributed by atoms with van der Waals surface area (Å²) in [5, 5.41) is 6.87. The van der Waals surface area contributed by atoms with Crippen LogP contribution in [0, 0.1) is 0 Å². The molecule has 0 saturated carbocycles. The van der Waals surface area contributed by atoms with E-state index in [1.165, 1.54) is 6.42 Å². The Morgan fingerprint density at radius 3 is 2.85 bits per heavy atom. The summed E-state index contributed by atoms with van der Waals surface area (Å²) in [7, 11) is 1.79. The number of nitrogens with zero attached hydrogens (tertiary/aromatic N) is 2. The fourth-order valence-electron chi connectivity index (χ4n) is 3.75. The molecule has 2 bridgehead atoms. The lowest BCUT2D eigenvalue weighted by molar-refractivity contribution is 0.0992. The van der Waals surface area contributed by atoms with Crippen molar-refractivity contribution in [2.75, 3.05) is 7.05 Å². The van der Waals surface area contributed by atoms with Crippen molar-refractivity contribution in [1.82, 2.24) is 15.6 Å². The minimum atomic E-state index is 0.316. The minimum Gasteiger partial charge on any atom is -0.473 e. The zero-order chi connectivity index (χ0) is 18.5. The predicted molar refractivity (Wildman–Crippen MR) is 105 cm³/mol. The molecule has 1 aromatic carbocycles. The zero-order valence-electron chi connectivity index (χ0n) is 15.6. The quantitative estimate of drug-likeness (QED) is 0.608. The van der Waals surface area contributed by atoms with Gasteiger partial charge in [-0.05, 0) is 30.9 Å². The Labute approximate surface area is 160 Å². The lowest BCUT2D eigenvalue weighted by atomic mass is 9.96. The van der Waals surface area contributed by atoms with Gasteiger partial charge in [-0.25, -0.2) is 4.98 Å². The van der Waals surface area contributed by atoms with Gasteiger partial charge in [-0.3, -0.25) is 4.99 Å². The molecule has 6 nitrogen and oxygen atoms in total. The maximum atomic E-state index is 5.93. The van der Waals surface area contributed by atoms with Crippen molar-refractivity contribution in [3.05, 3.63) is 59.8 Å². The van der Waals surface area contributed by atoms with E-state index in [1.807, 2.05) is 42.5 Å². The van der Waals surface area contributed by atoms with Crippen LogP contribution in [0.3, 0.4) is 0 Å². The SMILES string of the molecule is CN=C(NCc1cccnc1OCc1ccccc1)NC1CC2CCC1O2. The van der Waals surface area contributed by atoms with Crippen molar-refractivity contribution in [3.8, 4) is 5.88 Å². The molecule has 4 rings (SSSR count). The van der Waals surface area contributed by atoms with E-state index in [4.69, 9.17) is 9.47 Å². The van der Waals surface area contributed by atoms with Crippen LogP contribution in [0.5, 0.6) is 5.88 Å². The van der Waals surface area contributed by atoms with E-state index in [1.54, 1.807) is 13.2 Å². The highest BCUT2D eigenvalue weighted by Gasteiger charge is 2.41. The zero-order valence-corrected chi connectivity index (χ0v) is 15.6. The molecule has 1 aromatic heterocycles. The van der Waals surface area contributed by atoms with Gasteiger partial charge in [0.25, 0.3) is 0 Å². The molecule has 142 valence electrons. The molecule has 2 aliphatic rings. The van der Waals surface area contributed by atoms with Crippen molar-refractivity contribution in [3.63, 3.8) is 0 Å². The van der Waals surface area contributed by atoms with Crippen LogP contribution in [-0.4, -0.2) is 36.2 Å². The fourth-order valence-corrected chi connectivity index (χ4v) is 3.75. The van der Waals surface area contributed by atoms with E-state index >= 15 is 0 Å². The summed E-state index contributed by atoms with van der Waals surface area (Å²) in [5.74, 6) is 1.43. The second kappa shape index (κ2) is 8.39. The standard InChI is InChI=1S/C21H26N4O2/c1-22-21(25-18-12-17-9-10-19(18)27-17)24-13-16-8-5-11-23-20(16)26-14-15-6-3-2-4-7-15/h2-8,11,17-19H,9-10,12-14H2,1H3,(H2,22,24,25). The van der Waals surface area contributed by atoms with Gasteiger partial charge in [-0.15, -0.1) is 0 Å². The number of hydrogen-bond donors (Lipinski definition) is 2. The number of pyridine rings is 1. The Hall–Kier alpha value is -2.60. The van der Waals surface area contributed by atoms with Crippen molar-refractivity contribution in [2.24, 2.45) is 4.99 Å². The average Bonchev–Trinajstić information content (AvgIpc) is 3.34. The van der Waals surface area contributed by atoms with Gasteiger partial charge in [-0.1, -0.05) is 36.4 Å². The third-order valence-corrected chi connectivity index (χ3v) is 5.17. The maximum absolute atomic E-state index is 5.93. The first kappa shape index (κ1) is 17.8. The number of ether oxygens (including phenoxy) is 2. The third kappa shape index (κ3) is 4.39. The van der Waals surface area contributed by atoms with E-state index < -0.39 is 0 Å². The maximum Gasteiger partial charge on any atom is 0.218 e. The van der Waals surface area contributed by atoms with Crippen LogP contribution in [0.15, 0.2) is 53.7 Å². The highest BCUT2D eigenvalue weighted by Crippen LogP contribution is 2.34. The summed E-state index contributed by atoms with van der Waals surface area (Å²) in [6.07, 6.45) is 5.87. The van der Waals surface area contributed by atoms with E-state index in [0.29, 0.717) is 37.3 Å². The highest BCUT2D eigenvalue weighted by atomic mass is 16.5. The smallest absolute Gasteiger partial charge is 0.218 e. The van der Waals surface area contributed by atoms with E-state index in [9.17, 15) is 0 Å². The van der Waals surface area contributed by atoms with Gasteiger partial charge in [0, 0.05) is 25.4 Å². The molecule has 0 spiro atoms. The summed E-state index contributed by atoms with van der Waals surface area (Å²) >= 11 is 0. The number of benzene rings is 1. The van der Waals surface area contributed by atoms with Gasteiger partial charge in [0.05, 0.1) is 18.2 Å². The topological polar surface area (TPSA) is 67.8 Å². The molecular formula is C21H26N4O2. The fraction of sp³-hybridized carbons (Fsp3) is 0.429. The van der Waals surface area contributed by atoms with Crippen LogP contribution in [-0.2, 0) is 17.9 Å². The van der Waals surface area contributed by atoms with Crippen LogP contribution < -0.4 is 15.4 Å². The molecule has 2 saturated heterocycles. The number of hydrogen-bond acceptors (Lipinski definition) is 4. The Balaban J connectivity index is 1.33. The van der Waals surface area contributed by atoms with Crippen LogP contribution >= 0.6 is 0 Å². The van der Waals surface area contributed by atoms with Crippen LogP contribution in [0.25, 0.3) is 0 Å². The van der Waals surface area contributed by atoms with Crippen LogP contribution in [0.1, 0.15) is 30.4 Å². The van der Waals surface area contributed by atoms with Gasteiger partial charge < -0.3 is 20.1 Å². The normalized spacial score (nSPS) is 24.0. The molecule has 3 unspecified atom stereocenters. The molecule has 3 heterocycles. The molecular weight excluding hydrogens is 340 g/mol. The van der Waals surface area contributed by atoms with E-state index in [2.05, 4.69) is 20.6 Å². The molecule has 0 amide bonds. The Morgan fingerprint density at radius 1 is 1.22 bits per heavy atom. The number of rotatable bonds is 6. The van der Waals surface area contributed by atoms with Crippen molar-refractivity contribution < 1.29 is 9.47 Å². The molecule has 6 heteroatoms. The minimum absolute atomic E-state index is 0.316. The molecule has 0 radical (unpaired) electrons. The molecule has 2 aliphatic heterocycles. The largest absolute Gasteiger partial charge is 0.473 e. The average molecular weight is 366 g/mol. The Bertz CT molecular complexity index is 781. The second-order valence-corrected chi connectivity index (χ2v) is 7.03. The molecule has 2 aromatic rings. The first-order valence-electron chi connectivity index (χ1n) is 9.55. The summed E-state index contributed by atoms with van der Waals surface area (Å²) in [6.45, 7) is 1.10. The predicted octanol–water partition coefficient (Wildman–Crippen LogP) is 2.65. The molecule has 27 heavy (non-hydrogen) atoms. The summed E-state index contributed by atoms with van der Waals surface area (Å²) in [6, 6.07) is 14.4. The number of aromatic nitrogens is 1. The first-order valence-corrected chi connectivity index (χ1v) is 9.55. The van der Waals surface area contributed by atoms with Crippen molar-refractivity contribution >= 4 is 5.96 Å². The lowest BCUT2D eigenvalue weighted by Crippen LogP contribution is -2.47. The molecule has 0 aliphatic carbocycles. The van der Waals surface area contributed by atoms with Gasteiger partial charge >= 0.3 is 0 Å². The Kier molecular flexibility index (Phi) is 5.53. The number of nitrogens with one attached hydrogen (secondary N) is 2. The summed E-state index contributed by atoms with van der Waals surface area (Å²) in [5.41, 5.74) is 2.12. The van der Waals surface area contributed by atoms with E-state index in [0.717, 1.165) is 29.9 Å². The summed E-state index contributed by atoms with van der Waals surface area (Å²) < 4.78 is 11.8. The van der Waals surface area contributed by atoms with Gasteiger partial charge in [-0.2, -0.15) is 0 Å². The number of aliphatic imine (C=N–C) groups is 1. The van der Waals surface area contributed by atoms with Crippen molar-refractivity contribution in [2.45, 2.75) is 50.7 Å². The van der Waals surface area contributed by atoms with Crippen LogP contribution in [0.2, 0.25) is 0 Å². The first-order chi connectivity index (χ1) is 13.3. The van der Waals surface area contributed by atoms with E-state index in [-0.39, 0.29) is 0 Å². The highest BCUT2D eigenvalue weighted by molar-refractivity contribution is 5.80. The third-order valence-electron chi connectivity index (χ3n) is 5.17. The van der Waals surface area contributed by atoms with Crippen LogP contribution in [0.4, 0.5) is 0 Å². The number of fused-ring (bicyclic) bond motifs is 2. The van der Waals surface area contributed by atoms with Gasteiger partial charge in [0.15, 0.2) is 5.96 Å². The summed E-state index contributed by atoms with van der Waals surface area (Å²) in [4.78, 5) is 8.74. The number of guanidine groups is 1.